The first-order valence-electron chi connectivity index (χ1n) is 14.4. The lowest BCUT2D eigenvalue weighted by molar-refractivity contribution is -0.150. The van der Waals surface area contributed by atoms with Gasteiger partial charge in [-0.15, -0.1) is 33.3 Å². The number of carbonyl (C=O) groups is 5. The monoisotopic (exact) mass is 746 g/mol. The molecule has 0 bridgehead atoms. The fraction of sp³-hybridized carbons (Fsp3) is 0.345. The van der Waals surface area contributed by atoms with Crippen LogP contribution in [-0.2, 0) is 41.9 Å². The number of nitrogens with zero attached hydrogens (tertiary/aromatic N) is 5. The third kappa shape index (κ3) is 9.13. The minimum atomic E-state index is -1.24. The fourth-order valence-electron chi connectivity index (χ4n) is 4.50. The fourth-order valence-corrected chi connectivity index (χ4v) is 8.12. The molecule has 2 atom stereocenters. The quantitative estimate of drug-likeness (QED) is 0.0615. The molecule has 3 aromatic rings. The lowest BCUT2D eigenvalue weighted by atomic mass is 10.0. The van der Waals surface area contributed by atoms with Crippen molar-refractivity contribution in [1.82, 2.24) is 30.7 Å². The highest BCUT2D eigenvalue weighted by atomic mass is 32.2. The van der Waals surface area contributed by atoms with Gasteiger partial charge in [0.05, 0.1) is 0 Å². The number of benzene rings is 1. The third-order valence-corrected chi connectivity index (χ3v) is 10.7. The molecule has 258 valence electrons. The Kier molecular flexibility index (Phi) is 11.5. The number of aromatic nitrogens is 3. The number of nitrogens with one attached hydrogen (secondary N) is 3. The minimum Gasteiger partial charge on any atom is -0.477 e. The van der Waals surface area contributed by atoms with Crippen LogP contribution in [0.3, 0.4) is 0 Å². The molecule has 2 aliphatic rings. The van der Waals surface area contributed by atoms with Gasteiger partial charge in [-0.1, -0.05) is 52.5 Å². The summed E-state index contributed by atoms with van der Waals surface area (Å²) < 4.78 is 5.92. The number of carbonyl (C=O) groups excluding carboxylic acids is 4. The Hall–Kier alpha value is -4.53. The van der Waals surface area contributed by atoms with E-state index in [1.807, 2.05) is 0 Å². The predicted molar refractivity (Wildman–Crippen MR) is 183 cm³/mol. The third-order valence-electron chi connectivity index (χ3n) is 6.64. The molecule has 0 spiro atoms. The molecule has 1 unspecified atom stereocenters. The van der Waals surface area contributed by atoms with Crippen molar-refractivity contribution in [3.63, 3.8) is 0 Å². The van der Waals surface area contributed by atoms with Gasteiger partial charge in [-0.3, -0.25) is 19.3 Å². The first-order chi connectivity index (χ1) is 23.4. The van der Waals surface area contributed by atoms with E-state index in [2.05, 4.69) is 36.3 Å². The number of carboxylic acids is 1. The number of ether oxygens (including phenoxy) is 1. The number of fused-ring (bicyclic) bond motifs is 1. The summed E-state index contributed by atoms with van der Waals surface area (Å²) in [7, 11) is 0. The number of anilines is 1. The highest BCUT2D eigenvalue weighted by Crippen LogP contribution is 2.41. The Balaban J connectivity index is 1.24. The number of hydrogen-bond donors (Lipinski definition) is 4. The molecule has 0 saturated carbocycles. The lowest BCUT2D eigenvalue weighted by Crippen LogP contribution is -2.71. The van der Waals surface area contributed by atoms with Gasteiger partial charge < -0.3 is 30.6 Å². The Morgan fingerprint density at radius 2 is 1.94 bits per heavy atom. The second kappa shape index (κ2) is 15.8. The van der Waals surface area contributed by atoms with E-state index in [0.29, 0.717) is 33.4 Å². The molecule has 16 nitrogen and oxygen atoms in total. The zero-order valence-electron chi connectivity index (χ0n) is 26.2. The van der Waals surface area contributed by atoms with Crippen molar-refractivity contribution in [3.8, 4) is 0 Å². The van der Waals surface area contributed by atoms with Crippen LogP contribution in [0.25, 0.3) is 0 Å². The summed E-state index contributed by atoms with van der Waals surface area (Å²) >= 11 is 5.05. The van der Waals surface area contributed by atoms with Crippen LogP contribution in [0.1, 0.15) is 37.6 Å². The van der Waals surface area contributed by atoms with E-state index in [9.17, 15) is 29.1 Å². The Labute approximate surface area is 296 Å². The predicted octanol–water partition coefficient (Wildman–Crippen LogP) is 3.04. The van der Waals surface area contributed by atoms with Gasteiger partial charge in [-0.25, -0.2) is 14.6 Å². The maximum Gasteiger partial charge on any atom is 0.407 e. The van der Waals surface area contributed by atoms with Gasteiger partial charge in [0.25, 0.3) is 11.8 Å². The highest BCUT2D eigenvalue weighted by Gasteiger charge is 2.54. The molecule has 49 heavy (non-hydrogen) atoms. The number of thioether (sulfide) groups is 2. The van der Waals surface area contributed by atoms with E-state index < -0.39 is 40.9 Å². The van der Waals surface area contributed by atoms with Crippen LogP contribution in [0.5, 0.6) is 0 Å². The van der Waals surface area contributed by atoms with Crippen LogP contribution in [-0.4, -0.2) is 89.7 Å². The summed E-state index contributed by atoms with van der Waals surface area (Å²) in [5.41, 5.74) is 2.80. The molecule has 1 aromatic carbocycles. The first kappa shape index (κ1) is 35.8. The number of thiazole rings is 1. The second-order valence-corrected chi connectivity index (χ2v) is 15.3. The summed E-state index contributed by atoms with van der Waals surface area (Å²) in [5, 5.41) is 30.6. The summed E-state index contributed by atoms with van der Waals surface area (Å²) in [6.07, 6.45) is -0.0890. The van der Waals surface area contributed by atoms with Crippen molar-refractivity contribution in [2.24, 2.45) is 5.16 Å². The number of carboxylic acid groups (broad SMARTS) is 1. The van der Waals surface area contributed by atoms with Gasteiger partial charge in [-0.2, -0.15) is 0 Å². The van der Waals surface area contributed by atoms with Crippen molar-refractivity contribution < 1.29 is 38.7 Å². The van der Waals surface area contributed by atoms with E-state index in [0.717, 1.165) is 16.9 Å². The number of aliphatic carboxylic acids is 1. The summed E-state index contributed by atoms with van der Waals surface area (Å²) in [6, 6.07) is 6.10. The summed E-state index contributed by atoms with van der Waals surface area (Å²) in [4.78, 5) is 72.8. The molecule has 4 heterocycles. The van der Waals surface area contributed by atoms with Crippen LogP contribution in [0.4, 0.5) is 9.93 Å². The van der Waals surface area contributed by atoms with E-state index >= 15 is 0 Å². The van der Waals surface area contributed by atoms with E-state index in [1.165, 1.54) is 45.1 Å². The first-order valence-corrected chi connectivity index (χ1v) is 18.2. The zero-order valence-corrected chi connectivity index (χ0v) is 29.5. The largest absolute Gasteiger partial charge is 0.477 e. The molecule has 0 aliphatic carbocycles. The van der Waals surface area contributed by atoms with Crippen molar-refractivity contribution in [2.75, 3.05) is 16.8 Å². The Bertz CT molecular complexity index is 1770. The maximum absolute atomic E-state index is 13.5. The van der Waals surface area contributed by atoms with Gasteiger partial charge in [0.2, 0.25) is 6.41 Å². The van der Waals surface area contributed by atoms with Gasteiger partial charge >= 0.3 is 12.1 Å². The molecule has 1 saturated heterocycles. The number of hydrogen-bond acceptors (Lipinski definition) is 15. The van der Waals surface area contributed by atoms with Crippen LogP contribution in [0.2, 0.25) is 0 Å². The number of alkyl carbamates (subject to hydrolysis) is 1. The van der Waals surface area contributed by atoms with E-state index in [4.69, 9.17) is 9.57 Å². The van der Waals surface area contributed by atoms with Crippen molar-refractivity contribution in [1.29, 1.82) is 0 Å². The number of amides is 4. The lowest BCUT2D eigenvalue weighted by Gasteiger charge is -2.49. The van der Waals surface area contributed by atoms with E-state index in [-0.39, 0.29) is 35.4 Å². The molecule has 1 fully saturated rings. The summed E-state index contributed by atoms with van der Waals surface area (Å²) in [5.74, 6) is -1.94. The molecule has 20 heteroatoms. The van der Waals surface area contributed by atoms with Crippen LogP contribution < -0.4 is 16.0 Å². The molecule has 2 aliphatic heterocycles. The molecule has 4 N–H and O–H groups in total. The van der Waals surface area contributed by atoms with Crippen LogP contribution in [0, 0.1) is 0 Å². The molecular formula is C29H30N8O8S4. The molecule has 5 rings (SSSR count). The molecule has 0 radical (unpaired) electrons. The number of rotatable bonds is 14. The summed E-state index contributed by atoms with van der Waals surface area (Å²) in [6.45, 7) is 5.56. The van der Waals surface area contributed by atoms with E-state index in [1.54, 1.807) is 50.5 Å². The smallest absolute Gasteiger partial charge is 0.407 e. The minimum absolute atomic E-state index is 0.0284. The molecule has 4 amide bonds. The van der Waals surface area contributed by atoms with Crippen molar-refractivity contribution in [2.45, 2.75) is 55.3 Å². The van der Waals surface area contributed by atoms with Gasteiger partial charge in [0.1, 0.15) is 40.5 Å². The Morgan fingerprint density at radius 3 is 2.61 bits per heavy atom. The SMILES string of the molecule is CC(C)(C)OC(=O)NCc1ccc(CON=C(C(=O)NC2C(=O)N3C(C(=O)O)=C(CSc4nncs4)CS[C@H]23)c2csc(NC=O)n2)cc1. The average Bonchev–Trinajstić information content (AvgIpc) is 3.75. The Morgan fingerprint density at radius 1 is 1.18 bits per heavy atom. The molecular weight excluding hydrogens is 717 g/mol. The van der Waals surface area contributed by atoms with Gasteiger partial charge in [0, 0.05) is 23.4 Å². The van der Waals surface area contributed by atoms with Crippen molar-refractivity contribution >= 4 is 87.3 Å². The normalized spacial score (nSPS) is 17.5. The standard InChI is InChI=1S/C29H30N8O8S4/c1-29(2,3)45-27(43)30-8-15-4-6-16(7-5-15)9-44-36-19(18-12-47-26(33-18)31-13-38)22(39)34-20-23(40)37-21(25(41)42)17(10-46-24(20)37)11-48-28-35-32-14-49-28/h4-7,12-14,20,24H,8-11H2,1-3H3,(H,30,43)(H,34,39)(H,41,42)(H,31,33,38)/t20?,24-/m1/s1. The second-order valence-electron chi connectivity index (χ2n) is 11.3. The van der Waals surface area contributed by atoms with Gasteiger partial charge in [0.15, 0.2) is 15.2 Å². The zero-order chi connectivity index (χ0) is 35.1. The van der Waals surface area contributed by atoms with Crippen molar-refractivity contribution in [3.05, 3.63) is 63.2 Å². The number of β-lactam (4-membered cyclic amide) rings is 1. The maximum atomic E-state index is 13.5. The molecule has 2 aromatic heterocycles. The van der Waals surface area contributed by atoms with Crippen LogP contribution in [0.15, 0.2) is 55.9 Å². The van der Waals surface area contributed by atoms with Gasteiger partial charge in [-0.05, 0) is 37.5 Å². The van der Waals surface area contributed by atoms with Crippen LogP contribution >= 0.6 is 46.2 Å². The topological polar surface area (TPSA) is 214 Å². The average molecular weight is 747 g/mol. The highest BCUT2D eigenvalue weighted by molar-refractivity contribution is 8.01. The number of oxime groups is 1.